The molecule has 3 saturated carbocycles. The fourth-order valence-electron chi connectivity index (χ4n) is 8.12. The van der Waals surface area contributed by atoms with E-state index in [0.29, 0.717) is 11.5 Å². The molecule has 1 aromatic rings. The second-order valence-corrected chi connectivity index (χ2v) is 11.4. The molecule has 4 aliphatic rings. The van der Waals surface area contributed by atoms with E-state index in [4.69, 9.17) is 0 Å². The van der Waals surface area contributed by atoms with Crippen molar-refractivity contribution in [2.45, 2.75) is 96.8 Å². The fourth-order valence-corrected chi connectivity index (χ4v) is 8.12. The van der Waals surface area contributed by atoms with Crippen LogP contribution in [0.5, 0.6) is 0 Å². The average molecular weight is 415 g/mol. The molecule has 3 fully saturated rings. The third-order valence-electron chi connectivity index (χ3n) is 10.0. The quantitative estimate of drug-likeness (QED) is 0.468. The lowest BCUT2D eigenvalue weighted by atomic mass is 9.60. The van der Waals surface area contributed by atoms with Gasteiger partial charge in [-0.3, -0.25) is 0 Å². The van der Waals surface area contributed by atoms with E-state index in [2.05, 4.69) is 6.92 Å². The van der Waals surface area contributed by atoms with Crippen molar-refractivity contribution in [2.75, 3.05) is 0 Å². The molecule has 0 radical (unpaired) electrons. The molecular formula is C28H40F2. The zero-order valence-electron chi connectivity index (χ0n) is 18.9. The maximum absolute atomic E-state index is 14.1. The number of fused-ring (bicyclic) bond motifs is 2. The highest BCUT2D eigenvalue weighted by Crippen LogP contribution is 2.50. The van der Waals surface area contributed by atoms with E-state index in [1.807, 2.05) is 6.07 Å². The molecule has 2 heteroatoms. The van der Waals surface area contributed by atoms with Crippen LogP contribution in [0.3, 0.4) is 0 Å². The number of rotatable bonds is 3. The molecular weight excluding hydrogens is 374 g/mol. The third kappa shape index (κ3) is 4.09. The zero-order valence-corrected chi connectivity index (χ0v) is 18.9. The smallest absolute Gasteiger partial charge is 0.162 e. The van der Waals surface area contributed by atoms with E-state index in [0.717, 1.165) is 60.3 Å². The summed E-state index contributed by atoms with van der Waals surface area (Å²) in [5.41, 5.74) is 1.74. The average Bonchev–Trinajstić information content (AvgIpc) is 2.80. The van der Waals surface area contributed by atoms with Gasteiger partial charge >= 0.3 is 0 Å². The lowest BCUT2D eigenvalue weighted by Gasteiger charge is -2.46. The zero-order chi connectivity index (χ0) is 20.7. The minimum Gasteiger partial charge on any atom is -0.204 e. The van der Waals surface area contributed by atoms with Gasteiger partial charge in [0.05, 0.1) is 0 Å². The third-order valence-corrected chi connectivity index (χ3v) is 10.0. The molecule has 0 aromatic heterocycles. The van der Waals surface area contributed by atoms with Crippen molar-refractivity contribution < 1.29 is 8.78 Å². The first-order valence-corrected chi connectivity index (χ1v) is 13.1. The van der Waals surface area contributed by atoms with Gasteiger partial charge in [0.1, 0.15) is 0 Å². The molecule has 4 aliphatic carbocycles. The Balaban J connectivity index is 1.13. The molecule has 1 aromatic carbocycles. The molecule has 0 aliphatic heterocycles. The first-order chi connectivity index (χ1) is 14.6. The lowest BCUT2D eigenvalue weighted by Crippen LogP contribution is -2.35. The van der Waals surface area contributed by atoms with Crippen LogP contribution in [0.25, 0.3) is 0 Å². The molecule has 0 heterocycles. The van der Waals surface area contributed by atoms with Crippen LogP contribution in [-0.4, -0.2) is 0 Å². The van der Waals surface area contributed by atoms with Crippen molar-refractivity contribution in [1.29, 1.82) is 0 Å². The van der Waals surface area contributed by atoms with Crippen molar-refractivity contribution in [3.8, 4) is 0 Å². The predicted octanol–water partition coefficient (Wildman–Crippen LogP) is 8.12. The molecule has 30 heavy (non-hydrogen) atoms. The SMILES string of the molecule is CCC1CCC2CC(C3CCC(C4CCc5c(ccc(F)c5F)C4)CC3)CCC2C1. The van der Waals surface area contributed by atoms with Gasteiger partial charge in [0.25, 0.3) is 0 Å². The van der Waals surface area contributed by atoms with Crippen molar-refractivity contribution >= 4 is 0 Å². The van der Waals surface area contributed by atoms with Crippen LogP contribution < -0.4 is 0 Å². The molecule has 5 atom stereocenters. The molecule has 0 bridgehead atoms. The number of hydrogen-bond acceptors (Lipinski definition) is 0. The van der Waals surface area contributed by atoms with E-state index in [9.17, 15) is 8.78 Å². The Morgan fingerprint density at radius 3 is 2.03 bits per heavy atom. The minimum absolute atomic E-state index is 0.585. The summed E-state index contributed by atoms with van der Waals surface area (Å²) >= 11 is 0. The Morgan fingerprint density at radius 2 is 1.30 bits per heavy atom. The topological polar surface area (TPSA) is 0 Å². The normalized spacial score (nSPS) is 39.2. The highest BCUT2D eigenvalue weighted by Gasteiger charge is 2.39. The summed E-state index contributed by atoms with van der Waals surface area (Å²) in [4.78, 5) is 0. The van der Waals surface area contributed by atoms with Crippen molar-refractivity contribution in [3.05, 3.63) is 34.9 Å². The lowest BCUT2D eigenvalue weighted by molar-refractivity contribution is 0.0540. The number of halogens is 2. The maximum atomic E-state index is 14.1. The van der Waals surface area contributed by atoms with E-state index in [-0.39, 0.29) is 0 Å². The van der Waals surface area contributed by atoms with E-state index < -0.39 is 11.6 Å². The number of benzene rings is 1. The van der Waals surface area contributed by atoms with Gasteiger partial charge in [-0.15, -0.1) is 0 Å². The Hall–Kier alpha value is -0.920. The van der Waals surface area contributed by atoms with Gasteiger partial charge in [-0.2, -0.15) is 0 Å². The highest BCUT2D eigenvalue weighted by atomic mass is 19.2. The fraction of sp³-hybridized carbons (Fsp3) is 0.786. The summed E-state index contributed by atoms with van der Waals surface area (Å²) in [5, 5.41) is 0. The first kappa shape index (κ1) is 21.0. The Morgan fingerprint density at radius 1 is 0.700 bits per heavy atom. The Bertz CT molecular complexity index is 732. The largest absolute Gasteiger partial charge is 0.204 e. The molecule has 166 valence electrons. The van der Waals surface area contributed by atoms with Crippen molar-refractivity contribution in [3.63, 3.8) is 0 Å². The molecule has 0 spiro atoms. The predicted molar refractivity (Wildman–Crippen MR) is 119 cm³/mol. The van der Waals surface area contributed by atoms with Crippen LogP contribution in [0, 0.1) is 53.1 Å². The highest BCUT2D eigenvalue weighted by molar-refractivity contribution is 5.32. The summed E-state index contributed by atoms with van der Waals surface area (Å²) in [6.07, 6.45) is 18.8. The van der Waals surface area contributed by atoms with Gasteiger partial charge in [0.2, 0.25) is 0 Å². The molecule has 0 amide bonds. The molecule has 5 unspecified atom stereocenters. The van der Waals surface area contributed by atoms with Gasteiger partial charge in [-0.25, -0.2) is 8.78 Å². The Labute approximate surface area is 182 Å². The summed E-state index contributed by atoms with van der Waals surface area (Å²) in [6, 6.07) is 3.18. The van der Waals surface area contributed by atoms with Gasteiger partial charge in [-0.05, 0) is 136 Å². The maximum Gasteiger partial charge on any atom is 0.162 e. The Kier molecular flexibility index (Phi) is 6.22. The first-order valence-electron chi connectivity index (χ1n) is 13.1. The molecule has 5 rings (SSSR count). The van der Waals surface area contributed by atoms with E-state index in [1.54, 1.807) is 0 Å². The van der Waals surface area contributed by atoms with Crippen LogP contribution in [0.1, 0.15) is 95.1 Å². The van der Waals surface area contributed by atoms with Crippen LogP contribution in [0.15, 0.2) is 12.1 Å². The molecule has 0 saturated heterocycles. The van der Waals surface area contributed by atoms with E-state index >= 15 is 0 Å². The summed E-state index contributed by atoms with van der Waals surface area (Å²) in [5.74, 6) is 5.29. The minimum atomic E-state index is -0.675. The van der Waals surface area contributed by atoms with Gasteiger partial charge in [0, 0.05) is 0 Å². The van der Waals surface area contributed by atoms with Gasteiger partial charge in [0.15, 0.2) is 11.6 Å². The second-order valence-electron chi connectivity index (χ2n) is 11.4. The van der Waals surface area contributed by atoms with E-state index in [1.165, 1.54) is 76.7 Å². The summed E-state index contributed by atoms with van der Waals surface area (Å²) in [6.45, 7) is 2.38. The van der Waals surface area contributed by atoms with Gasteiger partial charge in [-0.1, -0.05) is 25.8 Å². The monoisotopic (exact) mass is 414 g/mol. The van der Waals surface area contributed by atoms with Crippen LogP contribution >= 0.6 is 0 Å². The summed E-state index contributed by atoms with van der Waals surface area (Å²) in [7, 11) is 0. The summed E-state index contributed by atoms with van der Waals surface area (Å²) < 4.78 is 27.6. The second kappa shape index (κ2) is 8.91. The standard InChI is InChI=1S/C28H40F2/c1-2-18-3-4-24-16-22(10-9-21(24)15-18)19-5-7-20(8-6-19)23-11-13-26-25(17-23)12-14-27(29)28(26)30/h12,14,18-24H,2-11,13,15-17H2,1H3. The van der Waals surface area contributed by atoms with Crippen molar-refractivity contribution in [2.24, 2.45) is 41.4 Å². The van der Waals surface area contributed by atoms with Crippen molar-refractivity contribution in [1.82, 2.24) is 0 Å². The van der Waals surface area contributed by atoms with Gasteiger partial charge < -0.3 is 0 Å². The number of hydrogen-bond donors (Lipinski definition) is 0. The van der Waals surface area contributed by atoms with Crippen LogP contribution in [0.2, 0.25) is 0 Å². The molecule has 0 N–H and O–H groups in total. The van der Waals surface area contributed by atoms with Crippen LogP contribution in [0.4, 0.5) is 8.78 Å². The van der Waals surface area contributed by atoms with Crippen LogP contribution in [-0.2, 0) is 12.8 Å². The molecule has 0 nitrogen and oxygen atoms in total.